The van der Waals surface area contributed by atoms with Crippen molar-refractivity contribution in [2.24, 2.45) is 5.73 Å². The molecule has 1 aliphatic heterocycles. The van der Waals surface area contributed by atoms with Gasteiger partial charge in [-0.15, -0.1) is 0 Å². The SMILES string of the molecule is CCN(CC)Cc1cccc(N2C(N)=C(C#N)C(c3ccccc3)C(C(=O)OC)=C2C(=O)OC)c1. The minimum atomic E-state index is -0.891. The molecule has 35 heavy (non-hydrogen) atoms. The van der Waals surface area contributed by atoms with Crippen molar-refractivity contribution in [3.8, 4) is 6.07 Å². The molecule has 0 saturated carbocycles. The summed E-state index contributed by atoms with van der Waals surface area (Å²) in [5, 5.41) is 10.1. The number of hydrogen-bond acceptors (Lipinski definition) is 8. The van der Waals surface area contributed by atoms with Crippen LogP contribution in [0.2, 0.25) is 0 Å². The molecule has 0 radical (unpaired) electrons. The van der Waals surface area contributed by atoms with Gasteiger partial charge in [0.25, 0.3) is 0 Å². The van der Waals surface area contributed by atoms with E-state index in [1.165, 1.54) is 19.1 Å². The molecule has 0 amide bonds. The first-order chi connectivity index (χ1) is 16.9. The van der Waals surface area contributed by atoms with E-state index in [1.54, 1.807) is 30.3 Å². The summed E-state index contributed by atoms with van der Waals surface area (Å²) < 4.78 is 10.2. The fourth-order valence-electron chi connectivity index (χ4n) is 4.28. The van der Waals surface area contributed by atoms with Crippen LogP contribution in [0.4, 0.5) is 5.69 Å². The van der Waals surface area contributed by atoms with E-state index in [1.807, 2.05) is 24.3 Å². The third-order valence-corrected chi connectivity index (χ3v) is 6.08. The molecule has 0 fully saturated rings. The van der Waals surface area contributed by atoms with Crippen molar-refractivity contribution in [3.05, 3.63) is 88.4 Å². The van der Waals surface area contributed by atoms with Gasteiger partial charge in [0.2, 0.25) is 0 Å². The van der Waals surface area contributed by atoms with Crippen molar-refractivity contribution in [1.29, 1.82) is 5.26 Å². The van der Waals surface area contributed by atoms with Crippen molar-refractivity contribution >= 4 is 17.6 Å². The number of nitrogens with zero attached hydrogens (tertiary/aromatic N) is 3. The highest BCUT2D eigenvalue weighted by molar-refractivity contribution is 6.06. The summed E-state index contributed by atoms with van der Waals surface area (Å²) in [6, 6.07) is 18.6. The van der Waals surface area contributed by atoms with Crippen LogP contribution in [-0.2, 0) is 25.6 Å². The Morgan fingerprint density at radius 1 is 1.03 bits per heavy atom. The maximum atomic E-state index is 13.2. The van der Waals surface area contributed by atoms with Gasteiger partial charge < -0.3 is 15.2 Å². The lowest BCUT2D eigenvalue weighted by atomic mass is 9.81. The molecule has 8 heteroatoms. The van der Waals surface area contributed by atoms with Crippen molar-refractivity contribution in [2.75, 3.05) is 32.2 Å². The van der Waals surface area contributed by atoms with Gasteiger partial charge in [0.05, 0.1) is 37.4 Å². The number of methoxy groups -OCH3 is 2. The summed E-state index contributed by atoms with van der Waals surface area (Å²) in [6.45, 7) is 6.62. The van der Waals surface area contributed by atoms with E-state index in [2.05, 4.69) is 24.8 Å². The van der Waals surface area contributed by atoms with E-state index in [-0.39, 0.29) is 22.7 Å². The molecule has 0 saturated heterocycles. The maximum Gasteiger partial charge on any atom is 0.355 e. The Labute approximate surface area is 205 Å². The first kappa shape index (κ1) is 25.5. The average molecular weight is 475 g/mol. The number of hydrogen-bond donors (Lipinski definition) is 1. The molecule has 0 spiro atoms. The van der Waals surface area contributed by atoms with Crippen molar-refractivity contribution in [3.63, 3.8) is 0 Å². The molecule has 0 aliphatic carbocycles. The number of nitrogens with two attached hydrogens (primary N) is 1. The molecule has 182 valence electrons. The van der Waals surface area contributed by atoms with Gasteiger partial charge >= 0.3 is 11.9 Å². The molecule has 1 unspecified atom stereocenters. The highest BCUT2D eigenvalue weighted by Gasteiger charge is 2.43. The quantitative estimate of drug-likeness (QED) is 0.580. The minimum absolute atomic E-state index is 0.00885. The zero-order valence-corrected chi connectivity index (χ0v) is 20.4. The summed E-state index contributed by atoms with van der Waals surface area (Å²) >= 11 is 0. The molecule has 2 N–H and O–H groups in total. The van der Waals surface area contributed by atoms with Gasteiger partial charge in [0.15, 0.2) is 0 Å². The average Bonchev–Trinajstić information content (AvgIpc) is 2.90. The Hall–Kier alpha value is -4.09. The van der Waals surface area contributed by atoms with Crippen LogP contribution in [0.15, 0.2) is 77.3 Å². The Morgan fingerprint density at radius 2 is 1.69 bits per heavy atom. The number of anilines is 1. The smallest absolute Gasteiger partial charge is 0.355 e. The lowest BCUT2D eigenvalue weighted by molar-refractivity contribution is -0.139. The van der Waals surface area contributed by atoms with Crippen LogP contribution in [0.1, 0.15) is 30.9 Å². The van der Waals surface area contributed by atoms with Crippen LogP contribution in [-0.4, -0.2) is 44.1 Å². The standard InChI is InChI=1S/C27H30N4O4/c1-5-30(6-2)17-18-11-10-14-20(15-18)31-24(27(33)35-4)23(26(32)34-3)22(21(16-28)25(31)29)19-12-8-7-9-13-19/h7-15,22H,5-6,17,29H2,1-4H3. The van der Waals surface area contributed by atoms with Gasteiger partial charge in [-0.2, -0.15) is 5.26 Å². The van der Waals surface area contributed by atoms with Crippen LogP contribution < -0.4 is 10.6 Å². The normalized spacial score (nSPS) is 15.8. The van der Waals surface area contributed by atoms with Gasteiger partial charge in [-0.05, 0) is 36.3 Å². The Balaban J connectivity index is 2.30. The van der Waals surface area contributed by atoms with Gasteiger partial charge in [-0.1, -0.05) is 56.3 Å². The first-order valence-corrected chi connectivity index (χ1v) is 11.4. The number of rotatable bonds is 8. The number of carbonyl (C=O) groups excluding carboxylic acids is 2. The largest absolute Gasteiger partial charge is 0.466 e. The fourth-order valence-corrected chi connectivity index (χ4v) is 4.28. The maximum absolute atomic E-state index is 13.2. The number of esters is 2. The molecule has 1 atom stereocenters. The summed E-state index contributed by atoms with van der Waals surface area (Å²) in [6.07, 6.45) is 0. The van der Waals surface area contributed by atoms with E-state index in [4.69, 9.17) is 15.2 Å². The van der Waals surface area contributed by atoms with E-state index < -0.39 is 17.9 Å². The Morgan fingerprint density at radius 3 is 2.26 bits per heavy atom. The van der Waals surface area contributed by atoms with E-state index in [9.17, 15) is 14.9 Å². The number of nitriles is 1. The minimum Gasteiger partial charge on any atom is -0.466 e. The second kappa shape index (κ2) is 11.4. The third kappa shape index (κ3) is 5.05. The lowest BCUT2D eigenvalue weighted by Gasteiger charge is -2.36. The van der Waals surface area contributed by atoms with Crippen LogP contribution >= 0.6 is 0 Å². The topological polar surface area (TPSA) is 109 Å². The molecule has 3 rings (SSSR count). The highest BCUT2D eigenvalue weighted by Crippen LogP contribution is 2.43. The Kier molecular flexibility index (Phi) is 8.29. The van der Waals surface area contributed by atoms with Crippen molar-refractivity contribution in [2.45, 2.75) is 26.3 Å². The fraction of sp³-hybridized carbons (Fsp3) is 0.296. The van der Waals surface area contributed by atoms with Gasteiger partial charge in [-0.3, -0.25) is 9.80 Å². The monoisotopic (exact) mass is 474 g/mol. The molecule has 8 nitrogen and oxygen atoms in total. The second-order valence-electron chi connectivity index (χ2n) is 7.97. The van der Waals surface area contributed by atoms with Crippen LogP contribution in [0.25, 0.3) is 0 Å². The van der Waals surface area contributed by atoms with E-state index >= 15 is 0 Å². The molecule has 2 aromatic rings. The van der Waals surface area contributed by atoms with Gasteiger partial charge in [0, 0.05) is 12.2 Å². The molecular formula is C27H30N4O4. The van der Waals surface area contributed by atoms with Crippen LogP contribution in [0, 0.1) is 11.3 Å². The molecule has 1 heterocycles. The molecule has 1 aliphatic rings. The number of carbonyl (C=O) groups is 2. The lowest BCUT2D eigenvalue weighted by Crippen LogP contribution is -2.40. The number of benzene rings is 2. The van der Waals surface area contributed by atoms with E-state index in [0.717, 1.165) is 18.7 Å². The molecule has 0 bridgehead atoms. The number of allylic oxidation sites excluding steroid dienone is 1. The molecule has 2 aromatic carbocycles. The predicted molar refractivity (Wildman–Crippen MR) is 133 cm³/mol. The first-order valence-electron chi connectivity index (χ1n) is 11.4. The summed E-state index contributed by atoms with van der Waals surface area (Å²) in [4.78, 5) is 29.9. The zero-order chi connectivity index (χ0) is 25.5. The summed E-state index contributed by atoms with van der Waals surface area (Å²) in [5.41, 5.74) is 8.77. The highest BCUT2D eigenvalue weighted by atomic mass is 16.5. The van der Waals surface area contributed by atoms with Crippen LogP contribution in [0.5, 0.6) is 0 Å². The van der Waals surface area contributed by atoms with Crippen molar-refractivity contribution in [1.82, 2.24) is 4.90 Å². The van der Waals surface area contributed by atoms with Gasteiger partial charge in [-0.25, -0.2) is 9.59 Å². The van der Waals surface area contributed by atoms with E-state index in [0.29, 0.717) is 17.8 Å². The third-order valence-electron chi connectivity index (χ3n) is 6.08. The summed E-state index contributed by atoms with van der Waals surface area (Å²) in [7, 11) is 2.46. The molecule has 0 aromatic heterocycles. The van der Waals surface area contributed by atoms with Crippen LogP contribution in [0.3, 0.4) is 0 Å². The Bertz CT molecular complexity index is 1190. The van der Waals surface area contributed by atoms with Crippen molar-refractivity contribution < 1.29 is 19.1 Å². The predicted octanol–water partition coefficient (Wildman–Crippen LogP) is 3.43. The summed E-state index contributed by atoms with van der Waals surface area (Å²) in [5.74, 6) is -2.35. The molecular weight excluding hydrogens is 444 g/mol. The number of ether oxygens (including phenoxy) is 2. The second-order valence-corrected chi connectivity index (χ2v) is 7.97. The zero-order valence-electron chi connectivity index (χ0n) is 20.4. The van der Waals surface area contributed by atoms with Gasteiger partial charge in [0.1, 0.15) is 11.5 Å².